The predicted octanol–water partition coefficient (Wildman–Crippen LogP) is 5.44. The summed E-state index contributed by atoms with van der Waals surface area (Å²) in [5.74, 6) is -0.945. The van der Waals surface area contributed by atoms with Gasteiger partial charge in [0.2, 0.25) is 8.38 Å². The number of benzene rings is 3. The average molecular weight is 497 g/mol. The van der Waals surface area contributed by atoms with Gasteiger partial charge in [0.15, 0.2) is 5.85 Å². The Balaban J connectivity index is 1.50. The van der Waals surface area contributed by atoms with E-state index < -0.39 is 32.5 Å². The fourth-order valence-electron chi connectivity index (χ4n) is 3.90. The molecule has 7 heteroatoms. The van der Waals surface area contributed by atoms with Gasteiger partial charge in [-0.15, -0.1) is 0 Å². The second kappa shape index (κ2) is 13.8. The molecule has 1 fully saturated rings. The summed E-state index contributed by atoms with van der Waals surface area (Å²) in [4.78, 5) is 0. The van der Waals surface area contributed by atoms with Gasteiger partial charge in [-0.3, -0.25) is 0 Å². The van der Waals surface area contributed by atoms with Gasteiger partial charge in [0.25, 0.3) is 0 Å². The fraction of sp³-hybridized carbons (Fsp3) is 0.357. The summed E-state index contributed by atoms with van der Waals surface area (Å²) in [5.41, 5.74) is 3.13. The van der Waals surface area contributed by atoms with Gasteiger partial charge in [0.1, 0.15) is 18.3 Å². The summed E-state index contributed by atoms with van der Waals surface area (Å²) in [6, 6.07) is 29.8. The Hall–Kier alpha value is -2.15. The molecule has 3 aromatic carbocycles. The minimum Gasteiger partial charge on any atom is -0.381 e. The molecule has 0 aromatic heterocycles. The molecule has 1 heterocycles. The van der Waals surface area contributed by atoms with E-state index in [0.717, 1.165) is 16.7 Å². The number of rotatable bonds is 12. The van der Waals surface area contributed by atoms with Crippen LogP contribution in [-0.2, 0) is 43.1 Å². The van der Waals surface area contributed by atoms with E-state index in [0.29, 0.717) is 26.4 Å². The lowest BCUT2D eigenvalue weighted by molar-refractivity contribution is -0.176. The van der Waals surface area contributed by atoms with Crippen LogP contribution in [0.2, 0.25) is 0 Å². The normalized spacial score (nSPS) is 24.3. The van der Waals surface area contributed by atoms with E-state index in [-0.39, 0.29) is 6.61 Å². The number of hydrogen-bond acceptors (Lipinski definition) is 6. The highest BCUT2D eigenvalue weighted by molar-refractivity contribution is 7.48. The zero-order valence-electron chi connectivity index (χ0n) is 19.9. The second-order valence-electron chi connectivity index (χ2n) is 8.28. The number of aliphatic hydroxyl groups is 1. The Labute approximate surface area is 208 Å². The van der Waals surface area contributed by atoms with Gasteiger partial charge in [-0.05, 0) is 23.6 Å². The molecule has 0 amide bonds. The molecule has 5 atom stereocenters. The Bertz CT molecular complexity index is 975. The first-order valence-corrected chi connectivity index (χ1v) is 13.2. The third kappa shape index (κ3) is 7.66. The molecule has 1 aliphatic rings. The summed E-state index contributed by atoms with van der Waals surface area (Å²) in [7, 11) is -1.58. The van der Waals surface area contributed by atoms with Crippen LogP contribution in [0.1, 0.15) is 23.6 Å². The van der Waals surface area contributed by atoms with Crippen molar-refractivity contribution in [1.82, 2.24) is 0 Å². The van der Waals surface area contributed by atoms with E-state index in [9.17, 15) is 5.11 Å². The van der Waals surface area contributed by atoms with Crippen LogP contribution in [0.15, 0.2) is 91.0 Å². The monoisotopic (exact) mass is 496 g/mol. The van der Waals surface area contributed by atoms with E-state index >= 15 is 0 Å². The third-order valence-corrected chi connectivity index (χ3v) is 7.38. The molecule has 35 heavy (non-hydrogen) atoms. The maximum atomic E-state index is 11.2. The van der Waals surface area contributed by atoms with Gasteiger partial charge in [-0.1, -0.05) is 91.0 Å². The minimum absolute atomic E-state index is 0.290. The summed E-state index contributed by atoms with van der Waals surface area (Å²) in [6.07, 6.45) is -1.62. The summed E-state index contributed by atoms with van der Waals surface area (Å²) < 4.78 is 30.7. The molecule has 1 N–H and O–H groups in total. The van der Waals surface area contributed by atoms with Crippen molar-refractivity contribution >= 4 is 8.38 Å². The molecular formula is C28H33O6P. The van der Waals surface area contributed by atoms with Crippen LogP contribution >= 0.6 is 8.38 Å². The van der Waals surface area contributed by atoms with Crippen molar-refractivity contribution in [1.29, 1.82) is 0 Å². The van der Waals surface area contributed by atoms with Gasteiger partial charge in [0, 0.05) is 0 Å². The Morgan fingerprint density at radius 1 is 0.714 bits per heavy atom. The summed E-state index contributed by atoms with van der Waals surface area (Å²) >= 11 is 0. The molecule has 3 aromatic rings. The number of ether oxygens (including phenoxy) is 3. The Morgan fingerprint density at radius 2 is 1.20 bits per heavy atom. The van der Waals surface area contributed by atoms with Gasteiger partial charge in [-0.2, -0.15) is 0 Å². The van der Waals surface area contributed by atoms with Crippen LogP contribution in [0.3, 0.4) is 0 Å². The molecule has 1 unspecified atom stereocenters. The van der Waals surface area contributed by atoms with Gasteiger partial charge >= 0.3 is 0 Å². The zero-order valence-corrected chi connectivity index (χ0v) is 20.8. The second-order valence-corrected chi connectivity index (χ2v) is 9.85. The van der Waals surface area contributed by atoms with Crippen molar-refractivity contribution in [2.75, 3.05) is 13.2 Å². The predicted molar refractivity (Wildman–Crippen MR) is 136 cm³/mol. The van der Waals surface area contributed by atoms with E-state index in [1.807, 2.05) is 97.9 Å². The SMILES string of the molecule is CCOP1O[C@H](COCc2ccccc2)[C@@H](OCc2ccccc2)[C@H](OCc2ccccc2)[C@H]1O. The van der Waals surface area contributed by atoms with Crippen LogP contribution in [0, 0.1) is 0 Å². The molecule has 0 saturated carbocycles. The van der Waals surface area contributed by atoms with Crippen LogP contribution in [0.5, 0.6) is 0 Å². The first kappa shape index (κ1) is 25.9. The zero-order chi connectivity index (χ0) is 24.3. The molecular weight excluding hydrogens is 463 g/mol. The fourth-order valence-corrected chi connectivity index (χ4v) is 5.44. The van der Waals surface area contributed by atoms with E-state index in [4.69, 9.17) is 23.3 Å². The molecule has 0 spiro atoms. The molecule has 1 saturated heterocycles. The van der Waals surface area contributed by atoms with Crippen molar-refractivity contribution in [3.63, 3.8) is 0 Å². The molecule has 0 bridgehead atoms. The van der Waals surface area contributed by atoms with Gasteiger partial charge in [-0.25, -0.2) is 0 Å². The van der Waals surface area contributed by atoms with Crippen molar-refractivity contribution in [2.24, 2.45) is 0 Å². The van der Waals surface area contributed by atoms with E-state index in [2.05, 4.69) is 0 Å². The van der Waals surface area contributed by atoms with Crippen molar-refractivity contribution in [3.8, 4) is 0 Å². The molecule has 0 radical (unpaired) electrons. The number of aliphatic hydroxyl groups excluding tert-OH is 1. The van der Waals surface area contributed by atoms with Crippen molar-refractivity contribution in [3.05, 3.63) is 108 Å². The largest absolute Gasteiger partial charge is 0.381 e. The number of hydrogen-bond donors (Lipinski definition) is 1. The Morgan fingerprint density at radius 3 is 1.71 bits per heavy atom. The van der Waals surface area contributed by atoms with Crippen molar-refractivity contribution < 1.29 is 28.4 Å². The van der Waals surface area contributed by atoms with Crippen LogP contribution in [-0.4, -0.2) is 42.5 Å². The average Bonchev–Trinajstić information content (AvgIpc) is 2.90. The first-order valence-electron chi connectivity index (χ1n) is 11.9. The molecule has 4 rings (SSSR count). The maximum Gasteiger partial charge on any atom is 0.204 e. The van der Waals surface area contributed by atoms with Crippen molar-refractivity contribution in [2.45, 2.75) is 50.9 Å². The van der Waals surface area contributed by atoms with E-state index in [1.54, 1.807) is 0 Å². The molecule has 1 aliphatic heterocycles. The lowest BCUT2D eigenvalue weighted by atomic mass is 10.1. The summed E-state index contributed by atoms with van der Waals surface area (Å²) in [6.45, 7) is 3.78. The van der Waals surface area contributed by atoms with Crippen LogP contribution in [0.4, 0.5) is 0 Å². The van der Waals surface area contributed by atoms with Crippen LogP contribution in [0.25, 0.3) is 0 Å². The van der Waals surface area contributed by atoms with Gasteiger partial charge < -0.3 is 28.4 Å². The first-order chi connectivity index (χ1) is 17.2. The third-order valence-electron chi connectivity index (χ3n) is 5.66. The highest BCUT2D eigenvalue weighted by Gasteiger charge is 2.48. The highest BCUT2D eigenvalue weighted by Crippen LogP contribution is 2.51. The molecule has 6 nitrogen and oxygen atoms in total. The quantitative estimate of drug-likeness (QED) is 0.337. The summed E-state index contributed by atoms with van der Waals surface area (Å²) in [5, 5.41) is 11.2. The molecule has 186 valence electrons. The maximum absolute atomic E-state index is 11.2. The lowest BCUT2D eigenvalue weighted by Gasteiger charge is -2.43. The van der Waals surface area contributed by atoms with E-state index in [1.165, 1.54) is 0 Å². The smallest absolute Gasteiger partial charge is 0.204 e. The topological polar surface area (TPSA) is 66.4 Å². The lowest BCUT2D eigenvalue weighted by Crippen LogP contribution is -2.53. The standard InChI is InChI=1S/C28H33O6P/c1-2-33-35-28(29)27(32-20-24-16-10-5-11-17-24)26(31-19-23-14-8-4-9-15-23)25(34-35)21-30-18-22-12-6-3-7-13-22/h3-17,25-29H,2,18-21H2,1H3/t25-,26-,27+,28+,35?/m1/s1. The highest BCUT2D eigenvalue weighted by atomic mass is 31.2. The van der Waals surface area contributed by atoms with Crippen LogP contribution < -0.4 is 0 Å². The van der Waals surface area contributed by atoms with Gasteiger partial charge in [0.05, 0.1) is 33.0 Å². The minimum atomic E-state index is -1.58. The Kier molecular flexibility index (Phi) is 10.2. The molecule has 0 aliphatic carbocycles.